The molecule has 0 aliphatic heterocycles. The van der Waals surface area contributed by atoms with E-state index in [1.54, 1.807) is 19.2 Å². The van der Waals surface area contributed by atoms with Crippen molar-refractivity contribution in [1.29, 1.82) is 0 Å². The smallest absolute Gasteiger partial charge is 0.251 e. The highest BCUT2D eigenvalue weighted by molar-refractivity contribution is 7.80. The fraction of sp³-hybridized carbons (Fsp3) is 0.182. The molecule has 1 amide bonds. The zero-order chi connectivity index (χ0) is 10.4. The number of amides is 1. The minimum Gasteiger partial charge on any atom is -0.355 e. The lowest BCUT2D eigenvalue weighted by atomic mass is 10.1. The van der Waals surface area contributed by atoms with Gasteiger partial charge in [-0.25, -0.2) is 0 Å². The summed E-state index contributed by atoms with van der Waals surface area (Å²) in [4.78, 5) is 11.2. The second-order valence-electron chi connectivity index (χ2n) is 2.62. The van der Waals surface area contributed by atoms with Gasteiger partial charge in [-0.1, -0.05) is 11.8 Å². The summed E-state index contributed by atoms with van der Waals surface area (Å²) in [5.74, 6) is 6.22. The van der Waals surface area contributed by atoms with Crippen molar-refractivity contribution in [3.63, 3.8) is 0 Å². The molecule has 1 N–H and O–H groups in total. The van der Waals surface area contributed by atoms with Gasteiger partial charge in [-0.15, -0.1) is 0 Å². The van der Waals surface area contributed by atoms with E-state index >= 15 is 0 Å². The first-order valence-electron chi connectivity index (χ1n) is 4.20. The van der Waals surface area contributed by atoms with Gasteiger partial charge in [-0.2, -0.15) is 12.6 Å². The number of benzene rings is 1. The van der Waals surface area contributed by atoms with E-state index in [2.05, 4.69) is 29.8 Å². The van der Waals surface area contributed by atoms with Crippen molar-refractivity contribution in [1.82, 2.24) is 5.32 Å². The van der Waals surface area contributed by atoms with Crippen LogP contribution in [-0.2, 0) is 0 Å². The molecule has 1 aromatic carbocycles. The fourth-order valence-corrected chi connectivity index (χ4v) is 1.07. The number of carbonyl (C=O) groups excluding carboxylic acids is 1. The molecule has 14 heavy (non-hydrogen) atoms. The van der Waals surface area contributed by atoms with Crippen molar-refractivity contribution in [2.45, 2.75) is 0 Å². The van der Waals surface area contributed by atoms with Crippen LogP contribution in [0.3, 0.4) is 0 Å². The van der Waals surface area contributed by atoms with Gasteiger partial charge in [0.1, 0.15) is 0 Å². The summed E-state index contributed by atoms with van der Waals surface area (Å²) in [5, 5.41) is 2.56. The second kappa shape index (κ2) is 5.36. The van der Waals surface area contributed by atoms with E-state index in [1.807, 2.05) is 12.1 Å². The van der Waals surface area contributed by atoms with E-state index in [0.29, 0.717) is 11.3 Å². The molecular formula is C11H11NOS. The topological polar surface area (TPSA) is 29.1 Å². The average molecular weight is 205 g/mol. The molecule has 1 rings (SSSR count). The molecule has 0 unspecified atom stereocenters. The van der Waals surface area contributed by atoms with Crippen molar-refractivity contribution in [2.75, 3.05) is 12.8 Å². The van der Waals surface area contributed by atoms with Gasteiger partial charge in [-0.05, 0) is 24.3 Å². The summed E-state index contributed by atoms with van der Waals surface area (Å²) in [5.41, 5.74) is 1.54. The van der Waals surface area contributed by atoms with E-state index in [0.717, 1.165) is 5.56 Å². The molecule has 72 valence electrons. The lowest BCUT2D eigenvalue weighted by Crippen LogP contribution is -2.17. The van der Waals surface area contributed by atoms with E-state index < -0.39 is 0 Å². The summed E-state index contributed by atoms with van der Waals surface area (Å²) in [7, 11) is 1.61. The normalized spacial score (nSPS) is 8.71. The van der Waals surface area contributed by atoms with Crippen molar-refractivity contribution < 1.29 is 4.79 Å². The maximum absolute atomic E-state index is 11.2. The molecule has 0 fully saturated rings. The fourth-order valence-electron chi connectivity index (χ4n) is 0.991. The summed E-state index contributed by atoms with van der Waals surface area (Å²) < 4.78 is 0. The molecule has 0 aliphatic carbocycles. The predicted octanol–water partition coefficient (Wildman–Crippen LogP) is 1.33. The minimum atomic E-state index is -0.0845. The lowest BCUT2D eigenvalue weighted by molar-refractivity contribution is 0.0963. The molecule has 0 saturated heterocycles. The Balaban J connectivity index is 2.83. The Labute approximate surface area is 89.1 Å². The molecule has 1 aromatic rings. The van der Waals surface area contributed by atoms with Gasteiger partial charge in [0.15, 0.2) is 0 Å². The van der Waals surface area contributed by atoms with Crippen LogP contribution in [0.4, 0.5) is 0 Å². The van der Waals surface area contributed by atoms with Crippen LogP contribution in [0.5, 0.6) is 0 Å². The Kier molecular flexibility index (Phi) is 4.09. The third-order valence-corrected chi connectivity index (χ3v) is 1.84. The van der Waals surface area contributed by atoms with Crippen LogP contribution in [0.25, 0.3) is 0 Å². The second-order valence-corrected chi connectivity index (χ2v) is 2.93. The van der Waals surface area contributed by atoms with Gasteiger partial charge < -0.3 is 5.32 Å². The van der Waals surface area contributed by atoms with Gasteiger partial charge in [0.05, 0.1) is 5.75 Å². The predicted molar refractivity (Wildman–Crippen MR) is 60.6 cm³/mol. The molecule has 0 aliphatic rings. The third-order valence-electron chi connectivity index (χ3n) is 1.69. The number of thiol groups is 1. The molecule has 0 bridgehead atoms. The number of nitrogens with one attached hydrogen (secondary N) is 1. The first-order valence-corrected chi connectivity index (χ1v) is 4.83. The quantitative estimate of drug-likeness (QED) is 0.525. The highest BCUT2D eigenvalue weighted by Gasteiger charge is 2.00. The van der Waals surface area contributed by atoms with Crippen molar-refractivity contribution >= 4 is 18.5 Å². The van der Waals surface area contributed by atoms with Crippen LogP contribution in [0.15, 0.2) is 24.3 Å². The van der Waals surface area contributed by atoms with Crippen LogP contribution in [0.2, 0.25) is 0 Å². The van der Waals surface area contributed by atoms with Crippen LogP contribution in [0, 0.1) is 11.8 Å². The van der Waals surface area contributed by atoms with Gasteiger partial charge in [0.25, 0.3) is 5.91 Å². The van der Waals surface area contributed by atoms with E-state index in [9.17, 15) is 4.79 Å². The van der Waals surface area contributed by atoms with Gasteiger partial charge in [0.2, 0.25) is 0 Å². The zero-order valence-electron chi connectivity index (χ0n) is 7.87. The van der Waals surface area contributed by atoms with Crippen LogP contribution in [0.1, 0.15) is 15.9 Å². The summed E-state index contributed by atoms with van der Waals surface area (Å²) in [6.07, 6.45) is 0. The van der Waals surface area contributed by atoms with Gasteiger partial charge >= 0.3 is 0 Å². The SMILES string of the molecule is CNC(=O)c1ccc(C#CCS)cc1. The maximum Gasteiger partial charge on any atom is 0.251 e. The lowest BCUT2D eigenvalue weighted by Gasteiger charge is -1.98. The van der Waals surface area contributed by atoms with Gasteiger partial charge in [0, 0.05) is 18.2 Å². The summed E-state index contributed by atoms with van der Waals surface area (Å²) in [6.45, 7) is 0. The Morgan fingerprint density at radius 2 is 2.07 bits per heavy atom. The Hall–Kier alpha value is -1.40. The van der Waals surface area contributed by atoms with Crippen molar-refractivity contribution in [3.8, 4) is 11.8 Å². The van der Waals surface area contributed by atoms with E-state index in [-0.39, 0.29) is 5.91 Å². The molecule has 0 heterocycles. The van der Waals surface area contributed by atoms with Crippen LogP contribution in [-0.4, -0.2) is 18.7 Å². The third kappa shape index (κ3) is 2.82. The Morgan fingerprint density at radius 1 is 1.43 bits per heavy atom. The Morgan fingerprint density at radius 3 is 2.57 bits per heavy atom. The number of hydrogen-bond acceptors (Lipinski definition) is 2. The Bertz CT molecular complexity index is 373. The molecule has 0 aromatic heterocycles. The standard InChI is InChI=1S/C11H11NOS/c1-12-11(13)10-6-4-9(5-7-10)3-2-8-14/h4-7,14H,8H2,1H3,(H,12,13). The average Bonchev–Trinajstić information content (AvgIpc) is 2.26. The molecule has 0 radical (unpaired) electrons. The number of carbonyl (C=O) groups is 1. The molecule has 0 atom stereocenters. The van der Waals surface area contributed by atoms with E-state index in [4.69, 9.17) is 0 Å². The molecule has 3 heteroatoms. The van der Waals surface area contributed by atoms with Crippen molar-refractivity contribution in [2.24, 2.45) is 0 Å². The van der Waals surface area contributed by atoms with Crippen LogP contribution < -0.4 is 5.32 Å². The maximum atomic E-state index is 11.2. The molecule has 2 nitrogen and oxygen atoms in total. The first kappa shape index (κ1) is 10.7. The van der Waals surface area contributed by atoms with Crippen molar-refractivity contribution in [3.05, 3.63) is 35.4 Å². The summed E-state index contributed by atoms with van der Waals surface area (Å²) >= 11 is 3.98. The van der Waals surface area contributed by atoms with Crippen LogP contribution >= 0.6 is 12.6 Å². The largest absolute Gasteiger partial charge is 0.355 e. The summed E-state index contributed by atoms with van der Waals surface area (Å²) in [6, 6.07) is 7.14. The molecular weight excluding hydrogens is 194 g/mol. The molecule has 0 spiro atoms. The van der Waals surface area contributed by atoms with Gasteiger partial charge in [-0.3, -0.25) is 4.79 Å². The zero-order valence-corrected chi connectivity index (χ0v) is 8.77. The minimum absolute atomic E-state index is 0.0845. The van der Waals surface area contributed by atoms with E-state index in [1.165, 1.54) is 0 Å². The molecule has 0 saturated carbocycles. The monoisotopic (exact) mass is 205 g/mol. The first-order chi connectivity index (χ1) is 6.77. The highest BCUT2D eigenvalue weighted by Crippen LogP contribution is 2.02. The highest BCUT2D eigenvalue weighted by atomic mass is 32.1. The number of rotatable bonds is 1. The number of hydrogen-bond donors (Lipinski definition) is 2.